The zero-order valence-electron chi connectivity index (χ0n) is 18.2. The Bertz CT molecular complexity index is 769. The summed E-state index contributed by atoms with van der Waals surface area (Å²) in [4.78, 5) is 0. The molecule has 1 nitrogen and oxygen atoms in total. The van der Waals surface area contributed by atoms with Crippen LogP contribution >= 0.6 is 11.6 Å². The summed E-state index contributed by atoms with van der Waals surface area (Å²) in [7, 11) is -1.85. The van der Waals surface area contributed by atoms with Crippen LogP contribution in [0.3, 0.4) is 0 Å². The lowest BCUT2D eigenvalue weighted by atomic mass is 9.96. The summed E-state index contributed by atoms with van der Waals surface area (Å²) in [6.45, 7) is 10.8. The number of rotatable bonds is 10. The van der Waals surface area contributed by atoms with Gasteiger partial charge in [0.25, 0.3) is 0 Å². The Morgan fingerprint density at radius 3 is 2.03 bits per heavy atom. The summed E-state index contributed by atoms with van der Waals surface area (Å²) in [6, 6.07) is 11.1. The van der Waals surface area contributed by atoms with Gasteiger partial charge in [-0.1, -0.05) is 38.4 Å². The molecule has 160 valence electrons. The highest BCUT2D eigenvalue weighted by atomic mass is 35.5. The van der Waals surface area contributed by atoms with E-state index >= 15 is 0 Å². The van der Waals surface area contributed by atoms with Gasteiger partial charge in [0, 0.05) is 16.7 Å². The highest BCUT2D eigenvalue weighted by Crippen LogP contribution is 2.38. The van der Waals surface area contributed by atoms with Crippen molar-refractivity contribution in [1.82, 2.24) is 0 Å². The molecule has 0 saturated carbocycles. The fourth-order valence-corrected chi connectivity index (χ4v) is 7.43. The van der Waals surface area contributed by atoms with Crippen molar-refractivity contribution in [2.75, 3.05) is 0 Å². The van der Waals surface area contributed by atoms with Crippen molar-refractivity contribution < 1.29 is 13.2 Å². The molecule has 0 N–H and O–H groups in total. The predicted molar refractivity (Wildman–Crippen MR) is 121 cm³/mol. The third kappa shape index (κ3) is 6.37. The Kier molecular flexibility index (Phi) is 8.86. The van der Waals surface area contributed by atoms with Crippen molar-refractivity contribution in [2.45, 2.75) is 78.1 Å². The monoisotopic (exact) mass is 438 g/mol. The van der Waals surface area contributed by atoms with Gasteiger partial charge in [-0.3, -0.25) is 0 Å². The van der Waals surface area contributed by atoms with E-state index in [-0.39, 0.29) is 6.10 Å². The summed E-state index contributed by atoms with van der Waals surface area (Å²) in [5.41, 5.74) is 4.02. The van der Waals surface area contributed by atoms with Crippen LogP contribution in [0.1, 0.15) is 62.0 Å². The summed E-state index contributed by atoms with van der Waals surface area (Å²) in [5, 5.41) is 0.746. The Hall–Kier alpha value is -1.23. The van der Waals surface area contributed by atoms with Crippen LogP contribution < -0.4 is 0 Å². The van der Waals surface area contributed by atoms with Crippen molar-refractivity contribution in [3.05, 3.63) is 69.2 Å². The zero-order valence-corrected chi connectivity index (χ0v) is 20.0. The Labute approximate surface area is 180 Å². The van der Waals surface area contributed by atoms with Gasteiger partial charge in [-0.2, -0.15) is 0 Å². The predicted octanol–water partition coefficient (Wildman–Crippen LogP) is 8.32. The van der Waals surface area contributed by atoms with Gasteiger partial charge >= 0.3 is 0 Å². The van der Waals surface area contributed by atoms with E-state index in [4.69, 9.17) is 16.0 Å². The Balaban J connectivity index is 2.27. The Morgan fingerprint density at radius 2 is 1.52 bits per heavy atom. The van der Waals surface area contributed by atoms with Crippen LogP contribution in [0.15, 0.2) is 30.3 Å². The molecule has 5 heteroatoms. The maximum atomic E-state index is 13.5. The van der Waals surface area contributed by atoms with E-state index in [0.717, 1.165) is 58.8 Å². The molecule has 0 aliphatic heterocycles. The van der Waals surface area contributed by atoms with Crippen molar-refractivity contribution in [3.63, 3.8) is 0 Å². The lowest BCUT2D eigenvalue weighted by Gasteiger charge is -2.34. The molecule has 1 unspecified atom stereocenters. The van der Waals surface area contributed by atoms with Crippen molar-refractivity contribution in [1.29, 1.82) is 0 Å². The quantitative estimate of drug-likeness (QED) is 0.339. The van der Waals surface area contributed by atoms with Gasteiger partial charge in [0.2, 0.25) is 0 Å². The third-order valence-corrected chi connectivity index (χ3v) is 10.9. The highest BCUT2D eigenvalue weighted by Gasteiger charge is 2.33. The van der Waals surface area contributed by atoms with E-state index in [1.807, 2.05) is 13.0 Å². The Morgan fingerprint density at radius 1 is 0.931 bits per heavy atom. The summed E-state index contributed by atoms with van der Waals surface area (Å²) in [5.74, 6) is -1.06. The molecule has 0 heterocycles. The van der Waals surface area contributed by atoms with E-state index in [2.05, 4.69) is 33.8 Å². The molecule has 0 saturated heterocycles. The van der Waals surface area contributed by atoms with E-state index in [9.17, 15) is 8.78 Å². The second-order valence-corrected chi connectivity index (χ2v) is 13.1. The molecule has 0 amide bonds. The van der Waals surface area contributed by atoms with Crippen molar-refractivity contribution in [3.8, 4) is 0 Å². The molecule has 0 aromatic heterocycles. The fourth-order valence-electron chi connectivity index (χ4n) is 4.15. The molecule has 29 heavy (non-hydrogen) atoms. The minimum atomic E-state index is -1.85. The fraction of sp³-hybridized carbons (Fsp3) is 0.500. The average Bonchev–Trinajstić information content (AvgIpc) is 2.64. The van der Waals surface area contributed by atoms with Crippen molar-refractivity contribution in [2.24, 2.45) is 0 Å². The molecule has 2 aromatic carbocycles. The second-order valence-electron chi connectivity index (χ2n) is 8.00. The van der Waals surface area contributed by atoms with Gasteiger partial charge in [0.15, 0.2) is 8.32 Å². The molecule has 0 radical (unpaired) electrons. The molecule has 0 fully saturated rings. The molecule has 0 aliphatic rings. The molecule has 0 spiro atoms. The number of benzene rings is 2. The molecule has 2 rings (SSSR count). The third-order valence-electron chi connectivity index (χ3n) is 5.98. The minimum absolute atomic E-state index is 0.0898. The van der Waals surface area contributed by atoms with Crippen LogP contribution in [0.4, 0.5) is 8.78 Å². The van der Waals surface area contributed by atoms with E-state index in [0.29, 0.717) is 12.0 Å². The molecule has 0 bridgehead atoms. The lowest BCUT2D eigenvalue weighted by Crippen LogP contribution is -2.37. The van der Waals surface area contributed by atoms with Gasteiger partial charge in [-0.05, 0) is 86.1 Å². The average molecular weight is 439 g/mol. The summed E-state index contributed by atoms with van der Waals surface area (Å²) >= 11 is 6.66. The first-order chi connectivity index (χ1) is 13.7. The number of aryl methyl sites for hydroxylation is 3. The summed E-state index contributed by atoms with van der Waals surface area (Å²) in [6.07, 6.45) is 2.07. The van der Waals surface area contributed by atoms with Crippen molar-refractivity contribution >= 4 is 19.9 Å². The zero-order chi connectivity index (χ0) is 21.6. The SMILES string of the molecule is CC[Si](CC)(CC)OC(CCCc1cc(F)cc(F)c1)c1c(C)cc(C)cc1Cl. The van der Waals surface area contributed by atoms with E-state index < -0.39 is 20.0 Å². The number of hydrogen-bond acceptors (Lipinski definition) is 1. The van der Waals surface area contributed by atoms with Crippen LogP contribution in [0.5, 0.6) is 0 Å². The van der Waals surface area contributed by atoms with E-state index in [1.165, 1.54) is 12.1 Å². The van der Waals surface area contributed by atoms with Gasteiger partial charge in [-0.15, -0.1) is 0 Å². The maximum absolute atomic E-state index is 13.5. The first kappa shape index (κ1) is 24.0. The smallest absolute Gasteiger partial charge is 0.192 e. The molecular formula is C24H33ClF2OSi. The first-order valence-corrected chi connectivity index (χ1v) is 13.5. The largest absolute Gasteiger partial charge is 0.410 e. The lowest BCUT2D eigenvalue weighted by molar-refractivity contribution is 0.176. The number of halogens is 3. The molecule has 2 aromatic rings. The van der Waals surface area contributed by atoms with Gasteiger partial charge in [0.05, 0.1) is 6.10 Å². The second kappa shape index (κ2) is 10.7. The normalized spacial score (nSPS) is 13.0. The number of hydrogen-bond donors (Lipinski definition) is 0. The van der Waals surface area contributed by atoms with Gasteiger partial charge in [-0.25, -0.2) is 8.78 Å². The summed E-state index contributed by atoms with van der Waals surface area (Å²) < 4.78 is 33.9. The maximum Gasteiger partial charge on any atom is 0.192 e. The van der Waals surface area contributed by atoms with E-state index in [1.54, 1.807) is 0 Å². The van der Waals surface area contributed by atoms with Crippen LogP contribution in [0.2, 0.25) is 23.2 Å². The standard InChI is InChI=1S/C24H33ClF2OSi/c1-6-29(7-2,8-3)28-23(24-18(5)12-17(4)13-22(24)25)11-9-10-19-14-20(26)16-21(27)15-19/h12-16,23H,6-11H2,1-5H3. The van der Waals surface area contributed by atoms with Crippen LogP contribution in [-0.2, 0) is 10.8 Å². The van der Waals surface area contributed by atoms with Gasteiger partial charge < -0.3 is 4.43 Å². The minimum Gasteiger partial charge on any atom is -0.410 e. The van der Waals surface area contributed by atoms with Crippen LogP contribution in [-0.4, -0.2) is 8.32 Å². The van der Waals surface area contributed by atoms with Gasteiger partial charge in [0.1, 0.15) is 11.6 Å². The van der Waals surface area contributed by atoms with Crippen LogP contribution in [0, 0.1) is 25.5 Å². The molecule has 1 atom stereocenters. The molecular weight excluding hydrogens is 406 g/mol. The first-order valence-electron chi connectivity index (χ1n) is 10.6. The topological polar surface area (TPSA) is 9.23 Å². The molecule has 0 aliphatic carbocycles. The highest BCUT2D eigenvalue weighted by molar-refractivity contribution is 6.73. The van der Waals surface area contributed by atoms with Crippen LogP contribution in [0.25, 0.3) is 0 Å².